The highest BCUT2D eigenvalue weighted by molar-refractivity contribution is 6.31. The van der Waals surface area contributed by atoms with Gasteiger partial charge in [0.05, 0.1) is 7.11 Å². The maximum absolute atomic E-state index is 12.5. The van der Waals surface area contributed by atoms with Crippen molar-refractivity contribution in [1.82, 2.24) is 0 Å². The molecule has 0 radical (unpaired) electrons. The number of rotatable bonds is 8. The first-order valence-corrected chi connectivity index (χ1v) is 11.1. The van der Waals surface area contributed by atoms with Crippen LogP contribution in [0.3, 0.4) is 0 Å². The molecule has 0 fully saturated rings. The summed E-state index contributed by atoms with van der Waals surface area (Å²) in [5.41, 5.74) is 2.40. The zero-order valence-electron chi connectivity index (χ0n) is 18.9. The molecule has 2 amide bonds. The smallest absolute Gasteiger partial charge is 0.266 e. The van der Waals surface area contributed by atoms with Gasteiger partial charge in [-0.2, -0.15) is 5.26 Å². The molecule has 7 nitrogen and oxygen atoms in total. The molecule has 0 aliphatic rings. The van der Waals surface area contributed by atoms with Crippen molar-refractivity contribution in [1.29, 1.82) is 5.26 Å². The van der Waals surface area contributed by atoms with Gasteiger partial charge >= 0.3 is 0 Å². The highest BCUT2D eigenvalue weighted by Gasteiger charge is 2.12. The minimum Gasteiger partial charge on any atom is -0.493 e. The highest BCUT2D eigenvalue weighted by atomic mass is 35.5. The van der Waals surface area contributed by atoms with Crippen LogP contribution in [0.25, 0.3) is 6.08 Å². The average molecular weight is 510 g/mol. The molecule has 3 rings (SSSR count). The first-order chi connectivity index (χ1) is 16.8. The summed E-state index contributed by atoms with van der Waals surface area (Å²) in [4.78, 5) is 24.7. The number of nitrogens with one attached hydrogen (secondary N) is 2. The molecule has 0 heterocycles. The molecule has 0 bridgehead atoms. The molecule has 9 heteroatoms. The summed E-state index contributed by atoms with van der Waals surface area (Å²) in [5, 5.41) is 15.9. The number of anilines is 2. The molecule has 0 unspecified atom stereocenters. The van der Waals surface area contributed by atoms with Crippen molar-refractivity contribution < 1.29 is 19.1 Å². The lowest BCUT2D eigenvalue weighted by molar-refractivity contribution is -0.118. The average Bonchev–Trinajstić information content (AvgIpc) is 2.85. The monoisotopic (exact) mass is 509 g/mol. The van der Waals surface area contributed by atoms with Crippen molar-refractivity contribution in [2.24, 2.45) is 0 Å². The Morgan fingerprint density at radius 2 is 1.69 bits per heavy atom. The Bertz CT molecular complexity index is 1320. The third-order valence-electron chi connectivity index (χ3n) is 4.78. The molecule has 0 aliphatic heterocycles. The predicted molar refractivity (Wildman–Crippen MR) is 137 cm³/mol. The molecule has 0 saturated heterocycles. The summed E-state index contributed by atoms with van der Waals surface area (Å²) in [5.74, 6) is -0.283. The normalized spacial score (nSPS) is 10.8. The standard InChI is InChI=1S/C26H21Cl2N3O4/c1-16-3-7-21(13-22(16)28)30-25(32)15-35-23-10-4-17(12-24(23)34-2)11-18(14-29)26(33)31-20-8-5-19(27)6-9-20/h3-13H,15H2,1-2H3,(H,30,32)(H,31,33)/b18-11-. The molecule has 35 heavy (non-hydrogen) atoms. The lowest BCUT2D eigenvalue weighted by Crippen LogP contribution is -2.20. The second-order valence-corrected chi connectivity index (χ2v) is 8.19. The van der Waals surface area contributed by atoms with Gasteiger partial charge in [-0.1, -0.05) is 35.3 Å². The third-order valence-corrected chi connectivity index (χ3v) is 5.44. The van der Waals surface area contributed by atoms with Gasteiger partial charge in [0, 0.05) is 21.4 Å². The minimum absolute atomic E-state index is 0.105. The van der Waals surface area contributed by atoms with E-state index in [9.17, 15) is 14.9 Å². The predicted octanol–water partition coefficient (Wildman–Crippen LogP) is 5.87. The van der Waals surface area contributed by atoms with Crippen molar-refractivity contribution >= 4 is 52.5 Å². The number of methoxy groups -OCH3 is 1. The van der Waals surface area contributed by atoms with E-state index in [-0.39, 0.29) is 18.1 Å². The van der Waals surface area contributed by atoms with Gasteiger partial charge < -0.3 is 20.1 Å². The van der Waals surface area contributed by atoms with Gasteiger partial charge in [0.15, 0.2) is 18.1 Å². The summed E-state index contributed by atoms with van der Waals surface area (Å²) in [6.07, 6.45) is 1.42. The van der Waals surface area contributed by atoms with Crippen LogP contribution in [0.4, 0.5) is 11.4 Å². The minimum atomic E-state index is -0.568. The zero-order valence-corrected chi connectivity index (χ0v) is 20.4. The number of carbonyl (C=O) groups is 2. The molecule has 0 saturated carbocycles. The second kappa shape index (κ2) is 11.9. The number of ether oxygens (including phenoxy) is 2. The largest absolute Gasteiger partial charge is 0.493 e. The topological polar surface area (TPSA) is 100 Å². The van der Waals surface area contributed by atoms with Crippen molar-refractivity contribution in [3.63, 3.8) is 0 Å². The van der Waals surface area contributed by atoms with E-state index < -0.39 is 5.91 Å². The molecule has 3 aromatic rings. The maximum atomic E-state index is 12.5. The molecule has 0 aromatic heterocycles. The van der Waals surface area contributed by atoms with Gasteiger partial charge in [-0.25, -0.2) is 0 Å². The second-order valence-electron chi connectivity index (χ2n) is 7.34. The van der Waals surface area contributed by atoms with Crippen LogP contribution in [-0.2, 0) is 9.59 Å². The van der Waals surface area contributed by atoms with Gasteiger partial charge in [0.1, 0.15) is 11.6 Å². The molecular weight excluding hydrogens is 489 g/mol. The van der Waals surface area contributed by atoms with Crippen molar-refractivity contribution in [2.45, 2.75) is 6.92 Å². The van der Waals surface area contributed by atoms with E-state index in [0.717, 1.165) is 5.56 Å². The number of aryl methyl sites for hydroxylation is 1. The molecule has 0 aliphatic carbocycles. The third kappa shape index (κ3) is 7.24. The lowest BCUT2D eigenvalue weighted by Gasteiger charge is -2.12. The number of hydrogen-bond donors (Lipinski definition) is 2. The van der Waals surface area contributed by atoms with Gasteiger partial charge in [-0.3, -0.25) is 9.59 Å². The van der Waals surface area contributed by atoms with E-state index in [2.05, 4.69) is 10.6 Å². The van der Waals surface area contributed by atoms with Crippen molar-refractivity contribution in [3.8, 4) is 17.6 Å². The van der Waals surface area contributed by atoms with Crippen LogP contribution in [0.5, 0.6) is 11.5 Å². The summed E-state index contributed by atoms with van der Waals surface area (Å²) < 4.78 is 10.9. The number of benzene rings is 3. The number of hydrogen-bond acceptors (Lipinski definition) is 5. The Labute approximate surface area is 212 Å². The first kappa shape index (κ1) is 25.6. The van der Waals surface area contributed by atoms with Crippen LogP contribution >= 0.6 is 23.2 Å². The van der Waals surface area contributed by atoms with Crippen LogP contribution in [0.15, 0.2) is 66.2 Å². The zero-order chi connectivity index (χ0) is 25.4. The molecular formula is C26H21Cl2N3O4. The van der Waals surface area contributed by atoms with E-state index in [1.807, 2.05) is 13.0 Å². The summed E-state index contributed by atoms with van der Waals surface area (Å²) >= 11 is 11.9. The Morgan fingerprint density at radius 1 is 0.971 bits per heavy atom. The number of halogens is 2. The first-order valence-electron chi connectivity index (χ1n) is 10.3. The Balaban J connectivity index is 1.67. The van der Waals surface area contributed by atoms with Crippen molar-refractivity contribution in [3.05, 3.63) is 87.4 Å². The number of amides is 2. The number of nitriles is 1. The Morgan fingerprint density at radius 3 is 2.34 bits per heavy atom. The van der Waals surface area contributed by atoms with E-state index in [1.165, 1.54) is 13.2 Å². The van der Waals surface area contributed by atoms with Gasteiger partial charge in [-0.05, 0) is 72.7 Å². The number of nitrogens with zero attached hydrogens (tertiary/aromatic N) is 1. The molecule has 178 valence electrons. The molecule has 0 atom stereocenters. The lowest BCUT2D eigenvalue weighted by atomic mass is 10.1. The van der Waals surface area contributed by atoms with Crippen LogP contribution in [0.2, 0.25) is 10.0 Å². The SMILES string of the molecule is COc1cc(/C=C(/C#N)C(=O)Nc2ccc(Cl)cc2)ccc1OCC(=O)Nc1ccc(C)c(Cl)c1. The van der Waals surface area contributed by atoms with Crippen molar-refractivity contribution in [2.75, 3.05) is 24.4 Å². The number of carbonyl (C=O) groups excluding carboxylic acids is 2. The quantitative estimate of drug-likeness (QED) is 0.292. The maximum Gasteiger partial charge on any atom is 0.266 e. The van der Waals surface area contributed by atoms with Crippen LogP contribution in [0.1, 0.15) is 11.1 Å². The molecule has 0 spiro atoms. The van der Waals surface area contributed by atoms with Crippen LogP contribution < -0.4 is 20.1 Å². The Kier molecular flexibility index (Phi) is 8.74. The van der Waals surface area contributed by atoms with E-state index in [0.29, 0.717) is 38.5 Å². The fourth-order valence-electron chi connectivity index (χ4n) is 2.95. The summed E-state index contributed by atoms with van der Waals surface area (Å²) in [6.45, 7) is 1.61. The Hall–Kier alpha value is -3.99. The fraction of sp³-hybridized carbons (Fsp3) is 0.115. The van der Waals surface area contributed by atoms with E-state index in [1.54, 1.807) is 60.7 Å². The molecule has 2 N–H and O–H groups in total. The fourth-order valence-corrected chi connectivity index (χ4v) is 3.26. The van der Waals surface area contributed by atoms with Crippen LogP contribution in [-0.4, -0.2) is 25.5 Å². The van der Waals surface area contributed by atoms with Gasteiger partial charge in [-0.15, -0.1) is 0 Å². The van der Waals surface area contributed by atoms with Gasteiger partial charge in [0.25, 0.3) is 11.8 Å². The summed E-state index contributed by atoms with van der Waals surface area (Å²) in [7, 11) is 1.45. The highest BCUT2D eigenvalue weighted by Crippen LogP contribution is 2.29. The summed E-state index contributed by atoms with van der Waals surface area (Å²) in [6, 6.07) is 18.5. The van der Waals surface area contributed by atoms with Gasteiger partial charge in [0.2, 0.25) is 0 Å². The van der Waals surface area contributed by atoms with Crippen LogP contribution in [0, 0.1) is 18.3 Å². The van der Waals surface area contributed by atoms with E-state index in [4.69, 9.17) is 32.7 Å². The van der Waals surface area contributed by atoms with E-state index >= 15 is 0 Å². The molecule has 3 aromatic carbocycles.